The van der Waals surface area contributed by atoms with Crippen LogP contribution in [-0.2, 0) is 9.59 Å². The third-order valence-corrected chi connectivity index (χ3v) is 4.46. The van der Waals surface area contributed by atoms with Gasteiger partial charge in [0.1, 0.15) is 0 Å². The first-order valence-corrected chi connectivity index (χ1v) is 9.71. The van der Waals surface area contributed by atoms with Gasteiger partial charge in [-0.05, 0) is 60.9 Å². The van der Waals surface area contributed by atoms with Gasteiger partial charge in [-0.25, -0.2) is 0 Å². The van der Waals surface area contributed by atoms with Crippen molar-refractivity contribution in [2.75, 3.05) is 10.6 Å². The maximum Gasteiger partial charge on any atom is 0.251 e. The van der Waals surface area contributed by atoms with Crippen molar-refractivity contribution in [3.05, 3.63) is 65.7 Å². The number of nitrogens with one attached hydrogen (secondary N) is 3. The van der Waals surface area contributed by atoms with Gasteiger partial charge in [0.2, 0.25) is 11.8 Å². The molecule has 3 N–H and O–H groups in total. The van der Waals surface area contributed by atoms with Crippen molar-refractivity contribution in [1.82, 2.24) is 5.32 Å². The van der Waals surface area contributed by atoms with Gasteiger partial charge < -0.3 is 16.0 Å². The first-order valence-electron chi connectivity index (χ1n) is 9.71. The van der Waals surface area contributed by atoms with Crippen molar-refractivity contribution >= 4 is 35.2 Å². The van der Waals surface area contributed by atoms with Crippen LogP contribution in [0.2, 0.25) is 0 Å². The van der Waals surface area contributed by atoms with Crippen LogP contribution < -0.4 is 16.0 Å². The first-order chi connectivity index (χ1) is 13.9. The molecule has 0 aromatic heterocycles. The van der Waals surface area contributed by atoms with Crippen LogP contribution in [0.3, 0.4) is 0 Å². The van der Waals surface area contributed by atoms with Crippen LogP contribution in [0.15, 0.2) is 54.6 Å². The molecule has 0 radical (unpaired) electrons. The standard InChI is InChI=1S/C23H25N3O3/c1-15(2)22(28)25-19-10-8-18(9-11-19)24-21(27)14-5-16-3-6-17(7-4-16)23(29)26-20-12-13-20/h3-11,14-15,20H,12-13H2,1-2H3,(H,24,27)(H,25,28)(H,26,29)/b14-5+. The molecule has 0 spiro atoms. The summed E-state index contributed by atoms with van der Waals surface area (Å²) < 4.78 is 0. The maximum atomic E-state index is 12.1. The number of benzene rings is 2. The van der Waals surface area contributed by atoms with Crippen LogP contribution in [0.25, 0.3) is 6.08 Å². The highest BCUT2D eigenvalue weighted by molar-refractivity contribution is 6.02. The quantitative estimate of drug-likeness (QED) is 0.627. The fourth-order valence-electron chi connectivity index (χ4n) is 2.52. The molecule has 0 atom stereocenters. The van der Waals surface area contributed by atoms with E-state index in [0.29, 0.717) is 23.0 Å². The number of hydrogen-bond donors (Lipinski definition) is 3. The molecule has 1 aliphatic rings. The van der Waals surface area contributed by atoms with Gasteiger partial charge in [-0.1, -0.05) is 26.0 Å². The molecule has 6 nitrogen and oxygen atoms in total. The summed E-state index contributed by atoms with van der Waals surface area (Å²) in [5.74, 6) is -0.477. The molecule has 29 heavy (non-hydrogen) atoms. The van der Waals surface area contributed by atoms with E-state index in [1.165, 1.54) is 6.08 Å². The number of rotatable bonds is 7. The maximum absolute atomic E-state index is 12.1. The minimum absolute atomic E-state index is 0.0549. The smallest absolute Gasteiger partial charge is 0.251 e. The highest BCUT2D eigenvalue weighted by Gasteiger charge is 2.23. The van der Waals surface area contributed by atoms with Gasteiger partial charge in [-0.3, -0.25) is 14.4 Å². The molecule has 0 heterocycles. The third-order valence-electron chi connectivity index (χ3n) is 4.46. The Labute approximate surface area is 170 Å². The predicted octanol–water partition coefficient (Wildman–Crippen LogP) is 3.83. The number of amides is 3. The Morgan fingerprint density at radius 2 is 1.48 bits per heavy atom. The van der Waals surface area contributed by atoms with Gasteiger partial charge >= 0.3 is 0 Å². The van der Waals surface area contributed by atoms with E-state index in [4.69, 9.17) is 0 Å². The average Bonchev–Trinajstić information content (AvgIpc) is 3.52. The molecule has 6 heteroatoms. The second-order valence-corrected chi connectivity index (χ2v) is 7.41. The van der Waals surface area contributed by atoms with Crippen molar-refractivity contribution in [3.63, 3.8) is 0 Å². The lowest BCUT2D eigenvalue weighted by Gasteiger charge is -2.08. The Morgan fingerprint density at radius 1 is 0.897 bits per heavy atom. The van der Waals surface area contributed by atoms with Crippen LogP contribution in [0, 0.1) is 5.92 Å². The van der Waals surface area contributed by atoms with Crippen molar-refractivity contribution in [3.8, 4) is 0 Å². The molecule has 150 valence electrons. The molecular weight excluding hydrogens is 366 g/mol. The minimum Gasteiger partial charge on any atom is -0.349 e. The summed E-state index contributed by atoms with van der Waals surface area (Å²) >= 11 is 0. The number of anilines is 2. The Morgan fingerprint density at radius 3 is 2.03 bits per heavy atom. The largest absolute Gasteiger partial charge is 0.349 e. The van der Waals surface area contributed by atoms with Gasteiger partial charge in [0, 0.05) is 35.0 Å². The average molecular weight is 391 g/mol. The van der Waals surface area contributed by atoms with E-state index in [-0.39, 0.29) is 23.6 Å². The molecule has 0 unspecified atom stereocenters. The summed E-state index contributed by atoms with van der Waals surface area (Å²) in [6.07, 6.45) is 5.23. The van der Waals surface area contributed by atoms with Crippen LogP contribution in [-0.4, -0.2) is 23.8 Å². The molecule has 0 saturated heterocycles. The first kappa shape index (κ1) is 20.3. The van der Waals surface area contributed by atoms with Crippen LogP contribution in [0.4, 0.5) is 11.4 Å². The van der Waals surface area contributed by atoms with Gasteiger partial charge in [-0.2, -0.15) is 0 Å². The fourth-order valence-corrected chi connectivity index (χ4v) is 2.52. The van der Waals surface area contributed by atoms with Gasteiger partial charge in [0.15, 0.2) is 0 Å². The monoisotopic (exact) mass is 391 g/mol. The summed E-state index contributed by atoms with van der Waals surface area (Å²) in [4.78, 5) is 35.8. The van der Waals surface area contributed by atoms with Crippen LogP contribution in [0.1, 0.15) is 42.6 Å². The second kappa shape index (κ2) is 9.19. The minimum atomic E-state index is -0.264. The van der Waals surface area contributed by atoms with Crippen LogP contribution in [0.5, 0.6) is 0 Å². The topological polar surface area (TPSA) is 87.3 Å². The summed E-state index contributed by atoms with van der Waals surface area (Å²) in [7, 11) is 0. The molecule has 3 amide bonds. The van der Waals surface area contributed by atoms with E-state index in [9.17, 15) is 14.4 Å². The second-order valence-electron chi connectivity index (χ2n) is 7.41. The SMILES string of the molecule is CC(C)C(=O)Nc1ccc(NC(=O)/C=C/c2ccc(C(=O)NC3CC3)cc2)cc1. The van der Waals surface area contributed by atoms with E-state index in [1.54, 1.807) is 54.6 Å². The molecule has 1 fully saturated rings. The molecule has 2 aromatic rings. The van der Waals surface area contributed by atoms with Crippen molar-refractivity contribution in [1.29, 1.82) is 0 Å². The van der Waals surface area contributed by atoms with Gasteiger partial charge in [-0.15, -0.1) is 0 Å². The van der Waals surface area contributed by atoms with E-state index >= 15 is 0 Å². The predicted molar refractivity (Wildman–Crippen MR) is 115 cm³/mol. The normalized spacial score (nSPS) is 13.3. The Kier molecular flexibility index (Phi) is 6.44. The zero-order chi connectivity index (χ0) is 20.8. The molecule has 3 rings (SSSR count). The summed E-state index contributed by atoms with van der Waals surface area (Å²) in [5, 5.41) is 8.51. The summed E-state index contributed by atoms with van der Waals surface area (Å²) in [6.45, 7) is 3.65. The lowest BCUT2D eigenvalue weighted by Crippen LogP contribution is -2.25. The van der Waals surface area contributed by atoms with Crippen LogP contribution >= 0.6 is 0 Å². The molecule has 0 aliphatic heterocycles. The molecule has 2 aromatic carbocycles. The number of carbonyl (C=O) groups is 3. The lowest BCUT2D eigenvalue weighted by molar-refractivity contribution is -0.119. The molecule has 0 bridgehead atoms. The summed E-state index contributed by atoms with van der Waals surface area (Å²) in [5.41, 5.74) is 2.76. The van der Waals surface area contributed by atoms with E-state index < -0.39 is 0 Å². The Bertz CT molecular complexity index is 911. The van der Waals surface area contributed by atoms with Crippen molar-refractivity contribution in [2.45, 2.75) is 32.7 Å². The zero-order valence-electron chi connectivity index (χ0n) is 16.6. The van der Waals surface area contributed by atoms with E-state index in [0.717, 1.165) is 18.4 Å². The fraction of sp³-hybridized carbons (Fsp3) is 0.261. The highest BCUT2D eigenvalue weighted by Crippen LogP contribution is 2.19. The van der Waals surface area contributed by atoms with E-state index in [1.807, 2.05) is 13.8 Å². The van der Waals surface area contributed by atoms with Gasteiger partial charge in [0.25, 0.3) is 5.91 Å². The van der Waals surface area contributed by atoms with E-state index in [2.05, 4.69) is 16.0 Å². The number of carbonyl (C=O) groups excluding carboxylic acids is 3. The molecule has 1 saturated carbocycles. The van der Waals surface area contributed by atoms with Gasteiger partial charge in [0.05, 0.1) is 0 Å². The number of hydrogen-bond acceptors (Lipinski definition) is 3. The molecule has 1 aliphatic carbocycles. The summed E-state index contributed by atoms with van der Waals surface area (Å²) in [6, 6.07) is 14.4. The van der Waals surface area contributed by atoms with Crippen molar-refractivity contribution in [2.24, 2.45) is 5.92 Å². The van der Waals surface area contributed by atoms with Crippen molar-refractivity contribution < 1.29 is 14.4 Å². The zero-order valence-corrected chi connectivity index (χ0v) is 16.6. The molecular formula is C23H25N3O3. The highest BCUT2D eigenvalue weighted by atomic mass is 16.2. The Balaban J connectivity index is 1.51. The Hall–Kier alpha value is -3.41. The lowest BCUT2D eigenvalue weighted by atomic mass is 10.1. The third kappa shape index (κ3) is 6.31.